The molecule has 18 heavy (non-hydrogen) atoms. The fourth-order valence-corrected chi connectivity index (χ4v) is 2.19. The number of hydrogen-bond acceptors (Lipinski definition) is 1. The Morgan fingerprint density at radius 1 is 1.00 bits per heavy atom. The molecule has 1 N–H and O–H groups in total. The first-order valence-electron chi connectivity index (χ1n) is 5.57. The van der Waals surface area contributed by atoms with E-state index >= 15 is 0 Å². The Morgan fingerprint density at radius 2 is 1.78 bits per heavy atom. The molecule has 0 saturated heterocycles. The van der Waals surface area contributed by atoms with Gasteiger partial charge in [0.25, 0.3) is 0 Å². The van der Waals surface area contributed by atoms with E-state index in [4.69, 9.17) is 5.41 Å². The first kappa shape index (κ1) is 10.9. The number of fused-ring (bicyclic) bond motifs is 1. The predicted octanol–water partition coefficient (Wildman–Crippen LogP) is 3.31. The van der Waals surface area contributed by atoms with Crippen LogP contribution in [0.15, 0.2) is 42.5 Å². The molecule has 1 aliphatic rings. The number of nitrogens with one attached hydrogen (secondary N) is 1. The summed E-state index contributed by atoms with van der Waals surface area (Å²) < 4.78 is 27.0. The van der Waals surface area contributed by atoms with E-state index in [1.165, 1.54) is 17.0 Å². The Morgan fingerprint density at radius 3 is 2.56 bits per heavy atom. The van der Waals surface area contributed by atoms with Crippen LogP contribution in [-0.4, -0.2) is 5.84 Å². The second kappa shape index (κ2) is 3.91. The number of anilines is 1. The van der Waals surface area contributed by atoms with Gasteiger partial charge in [-0.1, -0.05) is 30.3 Å². The zero-order valence-electron chi connectivity index (χ0n) is 9.45. The van der Waals surface area contributed by atoms with Crippen LogP contribution in [0.25, 0.3) is 0 Å². The average molecular weight is 244 g/mol. The molecule has 90 valence electrons. The normalized spacial score (nSPS) is 13.9. The number of nitrogens with zero attached hydrogens (tertiary/aromatic N) is 1. The second-order valence-electron chi connectivity index (χ2n) is 4.16. The molecule has 2 nitrogen and oxygen atoms in total. The summed E-state index contributed by atoms with van der Waals surface area (Å²) in [5.74, 6) is -1.60. The molecule has 0 atom stereocenters. The lowest BCUT2D eigenvalue weighted by molar-refractivity contribution is 0.509. The molecule has 2 aromatic carbocycles. The van der Waals surface area contributed by atoms with Gasteiger partial charge in [-0.3, -0.25) is 5.41 Å². The third-order valence-corrected chi connectivity index (χ3v) is 3.09. The van der Waals surface area contributed by atoms with Gasteiger partial charge in [0, 0.05) is 5.56 Å². The van der Waals surface area contributed by atoms with Crippen LogP contribution in [0, 0.1) is 17.0 Å². The SMILES string of the molecule is N=C1c2ccccc2CN1c1cccc(F)c1F. The van der Waals surface area contributed by atoms with Crippen molar-refractivity contribution in [1.29, 1.82) is 5.41 Å². The van der Waals surface area contributed by atoms with Crippen molar-refractivity contribution in [1.82, 2.24) is 0 Å². The summed E-state index contributed by atoms with van der Waals surface area (Å²) in [7, 11) is 0. The molecule has 1 heterocycles. The molecular formula is C14H10F2N2. The van der Waals surface area contributed by atoms with Gasteiger partial charge in [-0.15, -0.1) is 0 Å². The Kier molecular flexibility index (Phi) is 2.37. The summed E-state index contributed by atoms with van der Waals surface area (Å²) in [6, 6.07) is 11.4. The van der Waals surface area contributed by atoms with E-state index in [2.05, 4.69) is 0 Å². The smallest absolute Gasteiger partial charge is 0.182 e. The topological polar surface area (TPSA) is 27.1 Å². The molecule has 0 spiro atoms. The Bertz CT molecular complexity index is 637. The first-order chi connectivity index (χ1) is 8.68. The van der Waals surface area contributed by atoms with E-state index in [0.717, 1.165) is 17.2 Å². The van der Waals surface area contributed by atoms with Gasteiger partial charge >= 0.3 is 0 Å². The maximum atomic E-state index is 13.7. The van der Waals surface area contributed by atoms with Crippen molar-refractivity contribution >= 4 is 11.5 Å². The number of halogens is 2. The van der Waals surface area contributed by atoms with Crippen LogP contribution in [0.5, 0.6) is 0 Å². The van der Waals surface area contributed by atoms with Gasteiger partial charge in [-0.25, -0.2) is 8.78 Å². The highest BCUT2D eigenvalue weighted by molar-refractivity contribution is 6.11. The highest BCUT2D eigenvalue weighted by Crippen LogP contribution is 2.30. The van der Waals surface area contributed by atoms with Gasteiger partial charge in [0.2, 0.25) is 0 Å². The van der Waals surface area contributed by atoms with Crippen molar-refractivity contribution in [3.63, 3.8) is 0 Å². The third kappa shape index (κ3) is 1.49. The van der Waals surface area contributed by atoms with Gasteiger partial charge in [0.05, 0.1) is 12.2 Å². The molecule has 4 heteroatoms. The summed E-state index contributed by atoms with van der Waals surface area (Å²) in [5.41, 5.74) is 1.82. The molecule has 0 radical (unpaired) electrons. The fraction of sp³-hybridized carbons (Fsp3) is 0.0714. The molecule has 0 amide bonds. The van der Waals surface area contributed by atoms with Gasteiger partial charge in [0.1, 0.15) is 5.84 Å². The Hall–Kier alpha value is -2.23. The molecule has 0 aliphatic carbocycles. The molecule has 1 aliphatic heterocycles. The van der Waals surface area contributed by atoms with Gasteiger partial charge in [-0.2, -0.15) is 0 Å². The van der Waals surface area contributed by atoms with E-state index in [1.54, 1.807) is 0 Å². The van der Waals surface area contributed by atoms with Crippen LogP contribution in [0.4, 0.5) is 14.5 Å². The minimum absolute atomic E-state index is 0.108. The minimum atomic E-state index is -0.907. The van der Waals surface area contributed by atoms with Crippen molar-refractivity contribution in [2.75, 3.05) is 4.90 Å². The van der Waals surface area contributed by atoms with Crippen molar-refractivity contribution < 1.29 is 8.78 Å². The van der Waals surface area contributed by atoms with E-state index in [9.17, 15) is 8.78 Å². The van der Waals surface area contributed by atoms with Crippen molar-refractivity contribution in [3.8, 4) is 0 Å². The zero-order chi connectivity index (χ0) is 12.7. The molecule has 0 bridgehead atoms. The largest absolute Gasteiger partial charge is 0.319 e. The fourth-order valence-electron chi connectivity index (χ4n) is 2.19. The molecule has 0 unspecified atom stereocenters. The van der Waals surface area contributed by atoms with Gasteiger partial charge in [-0.05, 0) is 17.7 Å². The van der Waals surface area contributed by atoms with Crippen LogP contribution in [0.2, 0.25) is 0 Å². The Balaban J connectivity index is 2.07. The Labute approximate surface area is 103 Å². The zero-order valence-corrected chi connectivity index (χ0v) is 9.45. The van der Waals surface area contributed by atoms with Crippen LogP contribution in [0.3, 0.4) is 0 Å². The summed E-state index contributed by atoms with van der Waals surface area (Å²) in [5, 5.41) is 8.03. The summed E-state index contributed by atoms with van der Waals surface area (Å²) >= 11 is 0. The highest BCUT2D eigenvalue weighted by Gasteiger charge is 2.27. The van der Waals surface area contributed by atoms with Crippen LogP contribution in [-0.2, 0) is 6.54 Å². The van der Waals surface area contributed by atoms with Crippen LogP contribution < -0.4 is 4.90 Å². The summed E-state index contributed by atoms with van der Waals surface area (Å²) in [4.78, 5) is 1.48. The van der Waals surface area contributed by atoms with Gasteiger partial charge in [0.15, 0.2) is 11.6 Å². The number of benzene rings is 2. The van der Waals surface area contributed by atoms with Crippen LogP contribution >= 0.6 is 0 Å². The van der Waals surface area contributed by atoms with Crippen LogP contribution in [0.1, 0.15) is 11.1 Å². The third-order valence-electron chi connectivity index (χ3n) is 3.09. The molecule has 2 aromatic rings. The molecule has 0 fully saturated rings. The maximum Gasteiger partial charge on any atom is 0.182 e. The van der Waals surface area contributed by atoms with E-state index in [-0.39, 0.29) is 11.5 Å². The van der Waals surface area contributed by atoms with Crippen molar-refractivity contribution in [3.05, 3.63) is 65.2 Å². The first-order valence-corrected chi connectivity index (χ1v) is 5.57. The predicted molar refractivity (Wildman–Crippen MR) is 65.8 cm³/mol. The second-order valence-corrected chi connectivity index (χ2v) is 4.16. The summed E-state index contributed by atoms with van der Waals surface area (Å²) in [6.07, 6.45) is 0. The lowest BCUT2D eigenvalue weighted by Crippen LogP contribution is -2.24. The molecular weight excluding hydrogens is 234 g/mol. The molecule has 3 rings (SSSR count). The van der Waals surface area contributed by atoms with E-state index in [1.807, 2.05) is 24.3 Å². The average Bonchev–Trinajstić information content (AvgIpc) is 2.71. The number of hydrogen-bond donors (Lipinski definition) is 1. The summed E-state index contributed by atoms with van der Waals surface area (Å²) in [6.45, 7) is 0.398. The monoisotopic (exact) mass is 244 g/mol. The highest BCUT2D eigenvalue weighted by atomic mass is 19.2. The van der Waals surface area contributed by atoms with E-state index in [0.29, 0.717) is 6.54 Å². The van der Waals surface area contributed by atoms with Gasteiger partial charge < -0.3 is 4.90 Å². The quantitative estimate of drug-likeness (QED) is 0.818. The van der Waals surface area contributed by atoms with Crippen molar-refractivity contribution in [2.45, 2.75) is 6.54 Å². The standard InChI is InChI=1S/C14H10F2N2/c15-11-6-3-7-12(13(11)16)18-8-9-4-1-2-5-10(9)14(18)17/h1-7,17H,8H2. The lowest BCUT2D eigenvalue weighted by atomic mass is 10.1. The molecule has 0 aromatic heterocycles. The van der Waals surface area contributed by atoms with E-state index < -0.39 is 11.6 Å². The maximum absolute atomic E-state index is 13.7. The minimum Gasteiger partial charge on any atom is -0.319 e. The number of amidine groups is 1. The number of rotatable bonds is 1. The van der Waals surface area contributed by atoms with Crippen molar-refractivity contribution in [2.24, 2.45) is 0 Å². The molecule has 0 saturated carbocycles. The lowest BCUT2D eigenvalue weighted by Gasteiger charge is -2.18.